The standard InChI is InChI=1S/C24H28BrFN2O2S/c1-17(24(30)27-22-4-2-3-5-22)28(14-18-8-12-21(26)13-9-18)23(29)16-31-15-19-6-10-20(25)11-7-19/h6-13,17,22H,2-5,14-16H2,1H3,(H,27,30)/t17-/m1/s1. The van der Waals surface area contributed by atoms with Crippen molar-refractivity contribution in [2.45, 2.75) is 57.0 Å². The molecule has 0 aromatic heterocycles. The van der Waals surface area contributed by atoms with Crippen molar-refractivity contribution in [3.8, 4) is 0 Å². The summed E-state index contributed by atoms with van der Waals surface area (Å²) in [4.78, 5) is 27.5. The Labute approximate surface area is 196 Å². The lowest BCUT2D eigenvalue weighted by atomic mass is 10.1. The summed E-state index contributed by atoms with van der Waals surface area (Å²) in [6.07, 6.45) is 4.25. The Balaban J connectivity index is 1.64. The minimum absolute atomic E-state index is 0.0968. The average molecular weight is 507 g/mol. The van der Waals surface area contributed by atoms with Gasteiger partial charge >= 0.3 is 0 Å². The van der Waals surface area contributed by atoms with Gasteiger partial charge in [-0.25, -0.2) is 4.39 Å². The normalized spacial score (nSPS) is 14.9. The molecule has 1 N–H and O–H groups in total. The van der Waals surface area contributed by atoms with Crippen LogP contribution in [0.15, 0.2) is 53.0 Å². The fourth-order valence-electron chi connectivity index (χ4n) is 3.68. The first kappa shape index (κ1) is 23.8. The van der Waals surface area contributed by atoms with Gasteiger partial charge in [0.2, 0.25) is 11.8 Å². The maximum Gasteiger partial charge on any atom is 0.242 e. The van der Waals surface area contributed by atoms with Crippen molar-refractivity contribution in [2.75, 3.05) is 5.75 Å². The zero-order chi connectivity index (χ0) is 22.2. The first-order chi connectivity index (χ1) is 14.9. The third-order valence-electron chi connectivity index (χ3n) is 5.54. The van der Waals surface area contributed by atoms with Crippen molar-refractivity contribution in [1.29, 1.82) is 0 Å². The lowest BCUT2D eigenvalue weighted by Gasteiger charge is -2.29. The number of halogens is 2. The number of carbonyl (C=O) groups is 2. The fourth-order valence-corrected chi connectivity index (χ4v) is 4.82. The van der Waals surface area contributed by atoms with E-state index in [1.807, 2.05) is 24.3 Å². The van der Waals surface area contributed by atoms with Crippen LogP contribution in [0.5, 0.6) is 0 Å². The summed E-state index contributed by atoms with van der Waals surface area (Å²) in [5.41, 5.74) is 1.94. The number of nitrogens with zero attached hydrogens (tertiary/aromatic N) is 1. The molecule has 1 fully saturated rings. The summed E-state index contributed by atoms with van der Waals surface area (Å²) < 4.78 is 14.3. The molecule has 0 radical (unpaired) electrons. The second-order valence-corrected chi connectivity index (χ2v) is 9.83. The Morgan fingerprint density at radius 2 is 1.71 bits per heavy atom. The molecule has 0 heterocycles. The number of thioether (sulfide) groups is 1. The largest absolute Gasteiger partial charge is 0.352 e. The van der Waals surface area contributed by atoms with Crippen LogP contribution in [0.1, 0.15) is 43.7 Å². The quantitative estimate of drug-likeness (QED) is 0.502. The number of hydrogen-bond donors (Lipinski definition) is 1. The van der Waals surface area contributed by atoms with Gasteiger partial charge in [0.25, 0.3) is 0 Å². The predicted octanol–water partition coefficient (Wildman–Crippen LogP) is 5.30. The second-order valence-electron chi connectivity index (χ2n) is 7.93. The van der Waals surface area contributed by atoms with Gasteiger partial charge < -0.3 is 10.2 Å². The van der Waals surface area contributed by atoms with E-state index in [2.05, 4.69) is 21.2 Å². The molecule has 3 rings (SSSR count). The lowest BCUT2D eigenvalue weighted by molar-refractivity contribution is -0.138. The summed E-state index contributed by atoms with van der Waals surface area (Å²) >= 11 is 4.95. The summed E-state index contributed by atoms with van der Waals surface area (Å²) in [6, 6.07) is 13.7. The lowest BCUT2D eigenvalue weighted by Crippen LogP contribution is -2.50. The Morgan fingerprint density at radius 1 is 1.10 bits per heavy atom. The smallest absolute Gasteiger partial charge is 0.242 e. The fraction of sp³-hybridized carbons (Fsp3) is 0.417. The van der Waals surface area contributed by atoms with E-state index in [4.69, 9.17) is 0 Å². The molecule has 4 nitrogen and oxygen atoms in total. The van der Waals surface area contributed by atoms with Crippen LogP contribution in [0.3, 0.4) is 0 Å². The first-order valence-corrected chi connectivity index (χ1v) is 12.5. The zero-order valence-electron chi connectivity index (χ0n) is 17.7. The molecule has 0 unspecified atom stereocenters. The van der Waals surface area contributed by atoms with E-state index >= 15 is 0 Å². The zero-order valence-corrected chi connectivity index (χ0v) is 20.1. The molecule has 2 aromatic carbocycles. The molecular formula is C24H28BrFN2O2S. The van der Waals surface area contributed by atoms with Gasteiger partial charge in [0.05, 0.1) is 5.75 Å². The highest BCUT2D eigenvalue weighted by atomic mass is 79.9. The van der Waals surface area contributed by atoms with E-state index in [0.29, 0.717) is 5.75 Å². The molecule has 0 saturated heterocycles. The molecule has 1 aliphatic carbocycles. The van der Waals surface area contributed by atoms with Crippen molar-refractivity contribution in [3.05, 3.63) is 69.9 Å². The maximum absolute atomic E-state index is 13.3. The Kier molecular flexibility index (Phi) is 8.96. The van der Waals surface area contributed by atoms with Crippen LogP contribution in [0, 0.1) is 5.82 Å². The minimum atomic E-state index is -0.591. The van der Waals surface area contributed by atoms with Crippen molar-refractivity contribution in [1.82, 2.24) is 10.2 Å². The maximum atomic E-state index is 13.3. The van der Waals surface area contributed by atoms with Gasteiger partial charge in [0, 0.05) is 22.8 Å². The molecule has 0 aliphatic heterocycles. The molecule has 1 saturated carbocycles. The van der Waals surface area contributed by atoms with Crippen molar-refractivity contribution in [3.63, 3.8) is 0 Å². The van der Waals surface area contributed by atoms with E-state index in [0.717, 1.165) is 41.3 Å². The van der Waals surface area contributed by atoms with Crippen LogP contribution in [-0.4, -0.2) is 34.6 Å². The molecular weight excluding hydrogens is 479 g/mol. The average Bonchev–Trinajstić information content (AvgIpc) is 3.27. The van der Waals surface area contributed by atoms with Crippen LogP contribution in [-0.2, 0) is 21.9 Å². The number of rotatable bonds is 9. The number of carbonyl (C=O) groups excluding carboxylic acids is 2. The van der Waals surface area contributed by atoms with E-state index in [9.17, 15) is 14.0 Å². The van der Waals surface area contributed by atoms with Crippen molar-refractivity contribution >= 4 is 39.5 Å². The monoisotopic (exact) mass is 506 g/mol. The first-order valence-electron chi connectivity index (χ1n) is 10.6. The van der Waals surface area contributed by atoms with E-state index in [-0.39, 0.29) is 36.0 Å². The predicted molar refractivity (Wildman–Crippen MR) is 127 cm³/mol. The topological polar surface area (TPSA) is 49.4 Å². The van der Waals surface area contributed by atoms with Crippen LogP contribution in [0.4, 0.5) is 4.39 Å². The highest BCUT2D eigenvalue weighted by Gasteiger charge is 2.28. The number of amides is 2. The van der Waals surface area contributed by atoms with Gasteiger partial charge in [-0.3, -0.25) is 9.59 Å². The van der Waals surface area contributed by atoms with Crippen molar-refractivity contribution in [2.24, 2.45) is 0 Å². The van der Waals surface area contributed by atoms with Gasteiger partial charge in [0.15, 0.2) is 0 Å². The third-order valence-corrected chi connectivity index (χ3v) is 7.06. The summed E-state index contributed by atoms with van der Waals surface area (Å²) in [7, 11) is 0. The molecule has 1 atom stereocenters. The summed E-state index contributed by atoms with van der Waals surface area (Å²) in [5.74, 6) is 0.448. The Hall–Kier alpha value is -1.86. The number of nitrogens with one attached hydrogen (secondary N) is 1. The number of hydrogen-bond acceptors (Lipinski definition) is 3. The molecule has 2 amide bonds. The van der Waals surface area contributed by atoms with E-state index < -0.39 is 6.04 Å². The molecule has 2 aromatic rings. The van der Waals surface area contributed by atoms with Crippen LogP contribution in [0.2, 0.25) is 0 Å². The van der Waals surface area contributed by atoms with Crippen LogP contribution < -0.4 is 5.32 Å². The molecule has 166 valence electrons. The summed E-state index contributed by atoms with van der Waals surface area (Å²) in [6.45, 7) is 2.04. The van der Waals surface area contributed by atoms with Gasteiger partial charge in [-0.15, -0.1) is 11.8 Å². The van der Waals surface area contributed by atoms with Gasteiger partial charge in [0.1, 0.15) is 11.9 Å². The van der Waals surface area contributed by atoms with E-state index in [1.165, 1.54) is 23.9 Å². The SMILES string of the molecule is C[C@H](C(=O)NC1CCCC1)N(Cc1ccc(F)cc1)C(=O)CSCc1ccc(Br)cc1. The summed E-state index contributed by atoms with van der Waals surface area (Å²) in [5, 5.41) is 3.09. The molecule has 1 aliphatic rings. The second kappa shape index (κ2) is 11.7. The molecule has 7 heteroatoms. The third kappa shape index (κ3) is 7.35. The van der Waals surface area contributed by atoms with Gasteiger partial charge in [-0.2, -0.15) is 0 Å². The highest BCUT2D eigenvalue weighted by molar-refractivity contribution is 9.10. The van der Waals surface area contributed by atoms with Crippen LogP contribution in [0.25, 0.3) is 0 Å². The minimum Gasteiger partial charge on any atom is -0.352 e. The van der Waals surface area contributed by atoms with Gasteiger partial charge in [-0.1, -0.05) is 53.0 Å². The van der Waals surface area contributed by atoms with E-state index in [1.54, 1.807) is 24.0 Å². The molecule has 0 spiro atoms. The highest BCUT2D eigenvalue weighted by Crippen LogP contribution is 2.20. The Morgan fingerprint density at radius 3 is 2.35 bits per heavy atom. The number of benzene rings is 2. The van der Waals surface area contributed by atoms with Gasteiger partial charge in [-0.05, 0) is 55.2 Å². The Bertz CT molecular complexity index is 870. The van der Waals surface area contributed by atoms with Crippen molar-refractivity contribution < 1.29 is 14.0 Å². The molecule has 0 bridgehead atoms. The molecule has 31 heavy (non-hydrogen) atoms. The van der Waals surface area contributed by atoms with Crippen LogP contribution >= 0.6 is 27.7 Å².